The maximum absolute atomic E-state index is 12.8. The van der Waals surface area contributed by atoms with Crippen molar-refractivity contribution in [1.82, 2.24) is 4.90 Å². The van der Waals surface area contributed by atoms with Gasteiger partial charge in [-0.05, 0) is 25.7 Å². The third-order valence-electron chi connectivity index (χ3n) is 2.49. The highest BCUT2D eigenvalue weighted by Crippen LogP contribution is 2.35. The number of rotatable bonds is 4. The summed E-state index contributed by atoms with van der Waals surface area (Å²) in [5.74, 6) is -2.46. The first-order chi connectivity index (χ1) is 8.23. The van der Waals surface area contributed by atoms with E-state index in [4.69, 9.17) is 5.11 Å². The van der Waals surface area contributed by atoms with Crippen LogP contribution in [0.4, 0.5) is 13.2 Å². The highest BCUT2D eigenvalue weighted by atomic mass is 19.4. The van der Waals surface area contributed by atoms with Crippen LogP contribution < -0.4 is 0 Å². The van der Waals surface area contributed by atoms with Crippen LogP contribution in [0.5, 0.6) is 0 Å². The van der Waals surface area contributed by atoms with E-state index in [9.17, 15) is 18.0 Å². The van der Waals surface area contributed by atoms with E-state index in [2.05, 4.69) is 0 Å². The molecule has 0 saturated carbocycles. The van der Waals surface area contributed by atoms with Gasteiger partial charge in [-0.25, -0.2) is 0 Å². The van der Waals surface area contributed by atoms with Gasteiger partial charge >= 0.3 is 12.1 Å². The second-order valence-corrected chi connectivity index (χ2v) is 4.24. The van der Waals surface area contributed by atoms with Gasteiger partial charge in [0.1, 0.15) is 0 Å². The average molecular weight is 261 g/mol. The van der Waals surface area contributed by atoms with Crippen molar-refractivity contribution >= 4 is 5.97 Å². The molecule has 0 amide bonds. The monoisotopic (exact) mass is 261 g/mol. The number of halogens is 3. The molecule has 1 rings (SSSR count). The van der Waals surface area contributed by atoms with E-state index in [1.54, 1.807) is 19.0 Å². The molecule has 18 heavy (non-hydrogen) atoms. The van der Waals surface area contributed by atoms with Crippen molar-refractivity contribution in [3.63, 3.8) is 0 Å². The minimum atomic E-state index is -4.55. The Balaban J connectivity index is 3.24. The van der Waals surface area contributed by atoms with E-state index in [0.717, 1.165) is 6.07 Å². The van der Waals surface area contributed by atoms with E-state index in [-0.39, 0.29) is 12.1 Å². The van der Waals surface area contributed by atoms with Gasteiger partial charge < -0.3 is 10.0 Å². The van der Waals surface area contributed by atoms with Gasteiger partial charge in [0.25, 0.3) is 0 Å². The molecule has 0 bridgehead atoms. The molecule has 1 aromatic rings. The molecule has 3 nitrogen and oxygen atoms in total. The summed E-state index contributed by atoms with van der Waals surface area (Å²) >= 11 is 0. The fraction of sp³-hybridized carbons (Fsp3) is 0.417. The molecule has 100 valence electrons. The van der Waals surface area contributed by atoms with Crippen LogP contribution in [-0.4, -0.2) is 36.6 Å². The van der Waals surface area contributed by atoms with Crippen LogP contribution >= 0.6 is 0 Å². The van der Waals surface area contributed by atoms with E-state index in [1.165, 1.54) is 18.2 Å². The molecule has 0 aliphatic heterocycles. The lowest BCUT2D eigenvalue weighted by molar-refractivity contribution is -0.141. The molecule has 0 radical (unpaired) electrons. The Bertz CT molecular complexity index is 430. The Morgan fingerprint density at radius 1 is 1.33 bits per heavy atom. The van der Waals surface area contributed by atoms with Crippen LogP contribution in [0, 0.1) is 0 Å². The van der Waals surface area contributed by atoms with Crippen LogP contribution in [0.15, 0.2) is 24.3 Å². The van der Waals surface area contributed by atoms with Crippen molar-refractivity contribution in [3.8, 4) is 0 Å². The molecule has 0 aliphatic rings. The minimum absolute atomic E-state index is 0.0163. The number of carboxylic acid groups (broad SMARTS) is 1. The minimum Gasteiger partial charge on any atom is -0.481 e. The number of benzene rings is 1. The lowest BCUT2D eigenvalue weighted by Gasteiger charge is -2.21. The first-order valence-electron chi connectivity index (χ1n) is 5.27. The van der Waals surface area contributed by atoms with Crippen molar-refractivity contribution in [1.29, 1.82) is 0 Å². The number of aliphatic carboxylic acids is 1. The van der Waals surface area contributed by atoms with Crippen molar-refractivity contribution in [2.24, 2.45) is 0 Å². The molecule has 1 N–H and O–H groups in total. The normalized spacial score (nSPS) is 13.7. The summed E-state index contributed by atoms with van der Waals surface area (Å²) in [5.41, 5.74) is -1.09. The molecule has 1 atom stereocenters. The smallest absolute Gasteiger partial charge is 0.416 e. The summed E-state index contributed by atoms with van der Waals surface area (Å²) in [6.45, 7) is 0.0163. The van der Waals surface area contributed by atoms with E-state index >= 15 is 0 Å². The quantitative estimate of drug-likeness (QED) is 0.905. The first-order valence-corrected chi connectivity index (χ1v) is 5.27. The molecule has 1 aromatic carbocycles. The second kappa shape index (κ2) is 5.39. The Hall–Kier alpha value is -1.56. The zero-order valence-corrected chi connectivity index (χ0v) is 10.0. The number of carboxylic acids is 1. The van der Waals surface area contributed by atoms with Crippen LogP contribution in [0.1, 0.15) is 17.0 Å². The van der Waals surface area contributed by atoms with Crippen LogP contribution in [0.3, 0.4) is 0 Å². The predicted octanol–water partition coefficient (Wildman–Crippen LogP) is 2.44. The molecule has 0 aliphatic carbocycles. The lowest BCUT2D eigenvalue weighted by atomic mass is 9.93. The maximum atomic E-state index is 12.8. The Labute approximate surface area is 103 Å². The van der Waals surface area contributed by atoms with Gasteiger partial charge in [0.2, 0.25) is 0 Å². The SMILES string of the molecule is CN(C)CC(C(=O)O)c1ccccc1C(F)(F)F. The van der Waals surface area contributed by atoms with Crippen molar-refractivity contribution in [2.45, 2.75) is 12.1 Å². The van der Waals surface area contributed by atoms with Crippen LogP contribution in [0.2, 0.25) is 0 Å². The summed E-state index contributed by atoms with van der Waals surface area (Å²) in [5, 5.41) is 9.07. The molecule has 0 saturated heterocycles. The van der Waals surface area contributed by atoms with Gasteiger partial charge in [-0.1, -0.05) is 18.2 Å². The summed E-state index contributed by atoms with van der Waals surface area (Å²) in [7, 11) is 3.23. The maximum Gasteiger partial charge on any atom is 0.416 e. The Kier molecular flexibility index (Phi) is 4.34. The number of likely N-dealkylation sites (N-methyl/N-ethyl adjacent to an activating group) is 1. The molecule has 0 fully saturated rings. The molecule has 1 unspecified atom stereocenters. The first kappa shape index (κ1) is 14.5. The van der Waals surface area contributed by atoms with Gasteiger partial charge in [-0.3, -0.25) is 4.79 Å². The molecule has 0 aromatic heterocycles. The summed E-state index contributed by atoms with van der Waals surface area (Å²) in [6, 6.07) is 4.78. The number of carbonyl (C=O) groups is 1. The largest absolute Gasteiger partial charge is 0.481 e. The number of nitrogens with zero attached hydrogens (tertiary/aromatic N) is 1. The van der Waals surface area contributed by atoms with Crippen LogP contribution in [-0.2, 0) is 11.0 Å². The Morgan fingerprint density at radius 2 is 1.89 bits per heavy atom. The van der Waals surface area contributed by atoms with E-state index in [1.807, 2.05) is 0 Å². The summed E-state index contributed by atoms with van der Waals surface area (Å²) < 4.78 is 38.4. The zero-order valence-electron chi connectivity index (χ0n) is 10.0. The fourth-order valence-electron chi connectivity index (χ4n) is 1.73. The third kappa shape index (κ3) is 3.46. The van der Waals surface area contributed by atoms with E-state index in [0.29, 0.717) is 0 Å². The highest BCUT2D eigenvalue weighted by molar-refractivity contribution is 5.77. The van der Waals surface area contributed by atoms with Gasteiger partial charge in [0.05, 0.1) is 11.5 Å². The standard InChI is InChI=1S/C12H14F3NO2/c1-16(2)7-9(11(17)18)8-5-3-4-6-10(8)12(13,14)15/h3-6,9H,7H2,1-2H3,(H,17,18). The fourth-order valence-corrected chi connectivity index (χ4v) is 1.73. The summed E-state index contributed by atoms with van der Waals surface area (Å²) in [4.78, 5) is 12.7. The van der Waals surface area contributed by atoms with E-state index < -0.39 is 23.6 Å². The molecule has 0 spiro atoms. The third-order valence-corrected chi connectivity index (χ3v) is 2.49. The van der Waals surface area contributed by atoms with Crippen molar-refractivity contribution in [3.05, 3.63) is 35.4 Å². The summed E-state index contributed by atoms with van der Waals surface area (Å²) in [6.07, 6.45) is -4.55. The Morgan fingerprint density at radius 3 is 2.33 bits per heavy atom. The topological polar surface area (TPSA) is 40.5 Å². The van der Waals surface area contributed by atoms with Gasteiger partial charge in [0, 0.05) is 6.54 Å². The van der Waals surface area contributed by atoms with Crippen molar-refractivity contribution < 1.29 is 23.1 Å². The highest BCUT2D eigenvalue weighted by Gasteiger charge is 2.36. The van der Waals surface area contributed by atoms with Crippen molar-refractivity contribution in [2.75, 3.05) is 20.6 Å². The molecule has 6 heteroatoms. The number of alkyl halides is 3. The average Bonchev–Trinajstić information content (AvgIpc) is 2.24. The van der Waals surface area contributed by atoms with Gasteiger partial charge in [-0.2, -0.15) is 13.2 Å². The molecular formula is C12H14F3NO2. The lowest BCUT2D eigenvalue weighted by Crippen LogP contribution is -2.28. The molecule has 0 heterocycles. The van der Waals surface area contributed by atoms with Gasteiger partial charge in [-0.15, -0.1) is 0 Å². The predicted molar refractivity (Wildman–Crippen MR) is 60.4 cm³/mol. The zero-order chi connectivity index (χ0) is 13.9. The van der Waals surface area contributed by atoms with Crippen LogP contribution in [0.25, 0.3) is 0 Å². The number of hydrogen-bond donors (Lipinski definition) is 1. The number of hydrogen-bond acceptors (Lipinski definition) is 2. The van der Waals surface area contributed by atoms with Gasteiger partial charge in [0.15, 0.2) is 0 Å². The second-order valence-electron chi connectivity index (χ2n) is 4.24. The molecular weight excluding hydrogens is 247 g/mol.